The lowest BCUT2D eigenvalue weighted by Gasteiger charge is -2.49. The molecule has 1 aromatic heterocycles. The van der Waals surface area contributed by atoms with Gasteiger partial charge in [0.05, 0.1) is 22.4 Å². The Morgan fingerprint density at radius 3 is 2.74 bits per heavy atom. The van der Waals surface area contributed by atoms with Crippen molar-refractivity contribution in [2.75, 3.05) is 32.7 Å². The van der Waals surface area contributed by atoms with Gasteiger partial charge in [-0.2, -0.15) is 5.10 Å². The van der Waals surface area contributed by atoms with E-state index in [1.165, 1.54) is 0 Å². The fraction of sp³-hybridized carbons (Fsp3) is 0.769. The molecule has 0 aromatic carbocycles. The van der Waals surface area contributed by atoms with Gasteiger partial charge in [-0.1, -0.05) is 6.92 Å². The second-order valence-corrected chi connectivity index (χ2v) is 6.30. The lowest BCUT2D eigenvalue weighted by Crippen LogP contribution is -2.62. The van der Waals surface area contributed by atoms with Crippen molar-refractivity contribution in [3.05, 3.63) is 16.4 Å². The summed E-state index contributed by atoms with van der Waals surface area (Å²) >= 11 is 3.53. The topological polar surface area (TPSA) is 44.5 Å². The molecule has 5 nitrogen and oxygen atoms in total. The molecule has 1 aromatic rings. The fourth-order valence-electron chi connectivity index (χ4n) is 3.20. The summed E-state index contributed by atoms with van der Waals surface area (Å²) in [6.45, 7) is 8.36. The number of aliphatic hydroxyl groups is 1. The number of aromatic nitrogens is 2. The van der Waals surface area contributed by atoms with Crippen LogP contribution in [0, 0.1) is 0 Å². The van der Waals surface area contributed by atoms with Crippen LogP contribution in [0.4, 0.5) is 0 Å². The summed E-state index contributed by atoms with van der Waals surface area (Å²) < 4.78 is 2.86. The minimum absolute atomic E-state index is 0.200. The predicted molar refractivity (Wildman–Crippen MR) is 77.0 cm³/mol. The molecule has 0 amide bonds. The third-order valence-corrected chi connectivity index (χ3v) is 4.85. The molecule has 0 radical (unpaired) electrons. The number of fused-ring (bicyclic) bond motifs is 3. The maximum atomic E-state index is 10.8. The summed E-state index contributed by atoms with van der Waals surface area (Å²) in [4.78, 5) is 4.86. The maximum absolute atomic E-state index is 10.8. The van der Waals surface area contributed by atoms with E-state index in [0.29, 0.717) is 0 Å². The first-order chi connectivity index (χ1) is 9.20. The lowest BCUT2D eigenvalue weighted by molar-refractivity contribution is -0.0498. The van der Waals surface area contributed by atoms with Crippen LogP contribution in [0.2, 0.25) is 0 Å². The van der Waals surface area contributed by atoms with Crippen LogP contribution in [-0.4, -0.2) is 63.5 Å². The molecule has 2 unspecified atom stereocenters. The van der Waals surface area contributed by atoms with Crippen LogP contribution in [0.25, 0.3) is 0 Å². The molecule has 3 aliphatic rings. The van der Waals surface area contributed by atoms with E-state index in [4.69, 9.17) is 0 Å². The first kappa shape index (κ1) is 13.5. The van der Waals surface area contributed by atoms with Crippen LogP contribution in [0.1, 0.15) is 25.1 Å². The number of hydrogen-bond acceptors (Lipinski definition) is 4. The Kier molecular flexibility index (Phi) is 3.93. The van der Waals surface area contributed by atoms with Crippen LogP contribution >= 0.6 is 15.9 Å². The van der Waals surface area contributed by atoms with E-state index in [2.05, 4.69) is 37.8 Å². The van der Waals surface area contributed by atoms with Gasteiger partial charge in [0.25, 0.3) is 0 Å². The summed E-state index contributed by atoms with van der Waals surface area (Å²) in [6.07, 6.45) is 2.35. The van der Waals surface area contributed by atoms with E-state index in [-0.39, 0.29) is 6.04 Å². The summed E-state index contributed by atoms with van der Waals surface area (Å²) in [5.74, 6) is 0. The van der Waals surface area contributed by atoms with Gasteiger partial charge < -0.3 is 5.11 Å². The number of hydrogen-bond donors (Lipinski definition) is 1. The molecule has 3 aliphatic heterocycles. The van der Waals surface area contributed by atoms with Gasteiger partial charge in [0.2, 0.25) is 0 Å². The summed E-state index contributed by atoms with van der Waals surface area (Å²) in [5, 5.41) is 15.1. The number of nitrogens with zero attached hydrogens (tertiary/aromatic N) is 4. The molecule has 3 fully saturated rings. The van der Waals surface area contributed by atoms with Crippen molar-refractivity contribution in [1.29, 1.82) is 0 Å². The number of rotatable bonds is 4. The minimum atomic E-state index is -0.466. The lowest BCUT2D eigenvalue weighted by atomic mass is 10.00. The Morgan fingerprint density at radius 1 is 1.42 bits per heavy atom. The van der Waals surface area contributed by atoms with Crippen LogP contribution in [-0.2, 0) is 6.54 Å². The normalized spacial score (nSPS) is 31.6. The van der Waals surface area contributed by atoms with E-state index in [0.717, 1.165) is 55.9 Å². The Balaban J connectivity index is 1.83. The zero-order valence-corrected chi connectivity index (χ0v) is 12.9. The van der Waals surface area contributed by atoms with Crippen molar-refractivity contribution < 1.29 is 5.11 Å². The van der Waals surface area contributed by atoms with Crippen molar-refractivity contribution in [3.8, 4) is 0 Å². The standard InChI is InChI=1S/C13H21BrN4O/c1-2-3-18-12(10(14)8-15-18)13(19)11-9-16-4-6-17(11)7-5-16/h8,11,13,19H,2-7,9H2,1H3. The van der Waals surface area contributed by atoms with Crippen molar-refractivity contribution in [2.24, 2.45) is 0 Å². The number of aliphatic hydroxyl groups excluding tert-OH is 1. The second kappa shape index (κ2) is 5.52. The van der Waals surface area contributed by atoms with Crippen LogP contribution in [0.5, 0.6) is 0 Å². The first-order valence-corrected chi connectivity index (χ1v) is 7.85. The van der Waals surface area contributed by atoms with Crippen LogP contribution in [0.3, 0.4) is 0 Å². The van der Waals surface area contributed by atoms with E-state index in [9.17, 15) is 5.11 Å². The van der Waals surface area contributed by atoms with E-state index < -0.39 is 6.10 Å². The Bertz CT molecular complexity index is 442. The molecule has 2 bridgehead atoms. The molecule has 1 N–H and O–H groups in total. The smallest absolute Gasteiger partial charge is 0.113 e. The summed E-state index contributed by atoms with van der Waals surface area (Å²) in [5.41, 5.74) is 0.931. The summed E-state index contributed by atoms with van der Waals surface area (Å²) in [6, 6.07) is 0.200. The molecule has 106 valence electrons. The molecule has 3 saturated heterocycles. The number of halogens is 1. The largest absolute Gasteiger partial charge is 0.385 e. The molecule has 2 atom stereocenters. The molecule has 0 aliphatic carbocycles. The Morgan fingerprint density at radius 2 is 2.16 bits per heavy atom. The highest BCUT2D eigenvalue weighted by Gasteiger charge is 2.38. The number of piperazine rings is 3. The highest BCUT2D eigenvalue weighted by molar-refractivity contribution is 9.10. The second-order valence-electron chi connectivity index (χ2n) is 5.45. The maximum Gasteiger partial charge on any atom is 0.113 e. The predicted octanol–water partition coefficient (Wildman–Crippen LogP) is 1.09. The molecular weight excluding hydrogens is 308 g/mol. The average Bonchev–Trinajstić information content (AvgIpc) is 2.81. The minimum Gasteiger partial charge on any atom is -0.385 e. The monoisotopic (exact) mass is 328 g/mol. The van der Waals surface area contributed by atoms with Crippen LogP contribution in [0.15, 0.2) is 10.7 Å². The molecule has 0 spiro atoms. The molecule has 4 heterocycles. The van der Waals surface area contributed by atoms with Gasteiger partial charge in [-0.25, -0.2) is 0 Å². The third kappa shape index (κ3) is 2.46. The van der Waals surface area contributed by atoms with E-state index in [1.54, 1.807) is 6.20 Å². The SMILES string of the molecule is CCCn1ncc(Br)c1C(O)C1CN2CCN1CC2. The summed E-state index contributed by atoms with van der Waals surface area (Å²) in [7, 11) is 0. The van der Waals surface area contributed by atoms with Gasteiger partial charge in [-0.15, -0.1) is 0 Å². The first-order valence-electron chi connectivity index (χ1n) is 7.06. The quantitative estimate of drug-likeness (QED) is 0.898. The molecule has 4 rings (SSSR count). The zero-order valence-electron chi connectivity index (χ0n) is 11.3. The van der Waals surface area contributed by atoms with E-state index >= 15 is 0 Å². The third-order valence-electron chi connectivity index (χ3n) is 4.23. The highest BCUT2D eigenvalue weighted by atomic mass is 79.9. The Hall–Kier alpha value is -0.430. The van der Waals surface area contributed by atoms with Gasteiger partial charge >= 0.3 is 0 Å². The van der Waals surface area contributed by atoms with Crippen molar-refractivity contribution in [1.82, 2.24) is 19.6 Å². The molecular formula is C13H21BrN4O. The van der Waals surface area contributed by atoms with Crippen LogP contribution < -0.4 is 0 Å². The highest BCUT2D eigenvalue weighted by Crippen LogP contribution is 2.31. The fourth-order valence-corrected chi connectivity index (χ4v) is 3.73. The molecule has 19 heavy (non-hydrogen) atoms. The number of aryl methyl sites for hydroxylation is 1. The van der Waals surface area contributed by atoms with Crippen molar-refractivity contribution >= 4 is 15.9 Å². The zero-order chi connectivity index (χ0) is 13.4. The molecule has 6 heteroatoms. The van der Waals surface area contributed by atoms with Gasteiger partial charge in [0, 0.05) is 39.3 Å². The average molecular weight is 329 g/mol. The van der Waals surface area contributed by atoms with Gasteiger partial charge in [-0.3, -0.25) is 14.5 Å². The molecule has 0 saturated carbocycles. The van der Waals surface area contributed by atoms with Crippen molar-refractivity contribution in [3.63, 3.8) is 0 Å². The van der Waals surface area contributed by atoms with E-state index in [1.807, 2.05) is 4.68 Å². The Labute approximate surface area is 122 Å². The van der Waals surface area contributed by atoms with Gasteiger partial charge in [-0.05, 0) is 22.4 Å². The van der Waals surface area contributed by atoms with Crippen molar-refractivity contribution in [2.45, 2.75) is 32.0 Å². The van der Waals surface area contributed by atoms with Gasteiger partial charge in [0.15, 0.2) is 0 Å². The van der Waals surface area contributed by atoms with Gasteiger partial charge in [0.1, 0.15) is 6.10 Å².